The molecule has 2 rings (SSSR count). The van der Waals surface area contributed by atoms with Crippen LogP contribution in [0.2, 0.25) is 0 Å². The molecular weight excluding hydrogens is 268 g/mol. The normalized spacial score (nSPS) is 10.8. The lowest BCUT2D eigenvalue weighted by atomic mass is 10.1. The van der Waals surface area contributed by atoms with E-state index < -0.39 is 0 Å². The first-order valence-corrected chi connectivity index (χ1v) is 5.84. The number of fused-ring (bicyclic) bond motifs is 1. The molecule has 16 heavy (non-hydrogen) atoms. The van der Waals surface area contributed by atoms with E-state index in [9.17, 15) is 4.79 Å². The van der Waals surface area contributed by atoms with Gasteiger partial charge in [-0.2, -0.15) is 0 Å². The number of hydrogen-bond donors (Lipinski definition) is 2. The summed E-state index contributed by atoms with van der Waals surface area (Å²) < 4.78 is 0.988. The maximum atomic E-state index is 11.8. The van der Waals surface area contributed by atoms with Gasteiger partial charge in [-0.1, -0.05) is 15.9 Å². The van der Waals surface area contributed by atoms with E-state index in [4.69, 9.17) is 0 Å². The molecule has 0 saturated carbocycles. The molecule has 4 heteroatoms. The van der Waals surface area contributed by atoms with Gasteiger partial charge in [-0.15, -0.1) is 0 Å². The maximum absolute atomic E-state index is 11.8. The van der Waals surface area contributed by atoms with E-state index in [1.54, 1.807) is 7.05 Å². The van der Waals surface area contributed by atoms with E-state index in [0.717, 1.165) is 32.2 Å². The minimum atomic E-state index is -0.0544. The van der Waals surface area contributed by atoms with Gasteiger partial charge in [0.2, 0.25) is 0 Å². The number of halogens is 1. The zero-order valence-corrected chi connectivity index (χ0v) is 11.0. The predicted octanol–water partition coefficient (Wildman–Crippen LogP) is 2.91. The Morgan fingerprint density at radius 1 is 1.38 bits per heavy atom. The molecule has 0 saturated heterocycles. The van der Waals surface area contributed by atoms with Crippen molar-refractivity contribution in [1.82, 2.24) is 10.3 Å². The first-order valence-electron chi connectivity index (χ1n) is 5.05. The third kappa shape index (κ3) is 1.63. The number of carbonyl (C=O) groups excluding carboxylic acids is 1. The number of aromatic nitrogens is 1. The van der Waals surface area contributed by atoms with Crippen LogP contribution in [0.15, 0.2) is 16.6 Å². The zero-order chi connectivity index (χ0) is 11.9. The van der Waals surface area contributed by atoms with Crippen molar-refractivity contribution in [3.8, 4) is 0 Å². The van der Waals surface area contributed by atoms with Gasteiger partial charge in [0.25, 0.3) is 5.91 Å². The van der Waals surface area contributed by atoms with E-state index in [2.05, 4.69) is 26.2 Å². The zero-order valence-electron chi connectivity index (χ0n) is 9.44. The fourth-order valence-corrected chi connectivity index (χ4v) is 2.55. The van der Waals surface area contributed by atoms with Gasteiger partial charge in [-0.25, -0.2) is 0 Å². The molecule has 2 aromatic rings. The topological polar surface area (TPSA) is 44.9 Å². The lowest BCUT2D eigenvalue weighted by molar-refractivity contribution is 0.0964. The Hall–Kier alpha value is -1.29. The molecule has 0 spiro atoms. The Balaban J connectivity index is 2.83. The molecular formula is C12H13BrN2O. The van der Waals surface area contributed by atoms with E-state index >= 15 is 0 Å². The van der Waals surface area contributed by atoms with Crippen LogP contribution >= 0.6 is 15.9 Å². The van der Waals surface area contributed by atoms with Crippen LogP contribution in [0.25, 0.3) is 10.9 Å². The lowest BCUT2D eigenvalue weighted by Crippen LogP contribution is -2.18. The molecule has 0 fully saturated rings. The van der Waals surface area contributed by atoms with Crippen molar-refractivity contribution >= 4 is 32.7 Å². The molecule has 0 unspecified atom stereocenters. The maximum Gasteiger partial charge on any atom is 0.253 e. The highest BCUT2D eigenvalue weighted by Crippen LogP contribution is 2.28. The highest BCUT2D eigenvalue weighted by molar-refractivity contribution is 9.10. The van der Waals surface area contributed by atoms with Crippen LogP contribution in [-0.2, 0) is 0 Å². The number of hydrogen-bond acceptors (Lipinski definition) is 1. The van der Waals surface area contributed by atoms with Crippen molar-refractivity contribution in [3.05, 3.63) is 33.4 Å². The summed E-state index contributed by atoms with van der Waals surface area (Å²) in [6.45, 7) is 3.94. The minimum absolute atomic E-state index is 0.0544. The summed E-state index contributed by atoms with van der Waals surface area (Å²) in [4.78, 5) is 15.0. The molecule has 0 atom stereocenters. The Kier molecular flexibility index (Phi) is 2.76. The van der Waals surface area contributed by atoms with Gasteiger partial charge in [0.05, 0.1) is 5.56 Å². The number of nitrogens with one attached hydrogen (secondary N) is 2. The van der Waals surface area contributed by atoms with Gasteiger partial charge in [0, 0.05) is 28.1 Å². The average Bonchev–Trinajstić information content (AvgIpc) is 2.54. The molecule has 3 nitrogen and oxygen atoms in total. The van der Waals surface area contributed by atoms with Crippen molar-refractivity contribution in [3.63, 3.8) is 0 Å². The predicted molar refractivity (Wildman–Crippen MR) is 68.9 cm³/mol. The minimum Gasteiger partial charge on any atom is -0.358 e. The second kappa shape index (κ2) is 3.94. The van der Waals surface area contributed by atoms with Gasteiger partial charge < -0.3 is 10.3 Å². The monoisotopic (exact) mass is 280 g/mol. The fraction of sp³-hybridized carbons (Fsp3) is 0.250. The van der Waals surface area contributed by atoms with E-state index in [-0.39, 0.29) is 5.91 Å². The van der Waals surface area contributed by atoms with Crippen LogP contribution in [0, 0.1) is 13.8 Å². The Morgan fingerprint density at radius 2 is 2.06 bits per heavy atom. The van der Waals surface area contributed by atoms with Crippen LogP contribution < -0.4 is 5.32 Å². The summed E-state index contributed by atoms with van der Waals surface area (Å²) in [6.07, 6.45) is 0. The van der Waals surface area contributed by atoms with Crippen LogP contribution in [0.5, 0.6) is 0 Å². The van der Waals surface area contributed by atoms with Gasteiger partial charge in [0.15, 0.2) is 0 Å². The molecule has 0 aliphatic heterocycles. The highest BCUT2D eigenvalue weighted by Gasteiger charge is 2.16. The molecule has 0 aliphatic carbocycles. The molecule has 1 amide bonds. The van der Waals surface area contributed by atoms with Gasteiger partial charge in [-0.3, -0.25) is 4.79 Å². The number of amides is 1. The smallest absolute Gasteiger partial charge is 0.253 e. The van der Waals surface area contributed by atoms with Gasteiger partial charge in [0.1, 0.15) is 0 Å². The van der Waals surface area contributed by atoms with Crippen molar-refractivity contribution in [2.75, 3.05) is 7.05 Å². The standard InChI is InChI=1S/C12H13BrN2O/c1-6-4-8(13)5-9-10(12(16)14-3)7(2)15-11(6)9/h4-5,15H,1-3H3,(H,14,16). The average molecular weight is 281 g/mol. The highest BCUT2D eigenvalue weighted by atomic mass is 79.9. The largest absolute Gasteiger partial charge is 0.358 e. The molecule has 1 heterocycles. The summed E-state index contributed by atoms with van der Waals surface area (Å²) in [5.74, 6) is -0.0544. The van der Waals surface area contributed by atoms with Crippen LogP contribution in [0.1, 0.15) is 21.6 Å². The second-order valence-electron chi connectivity index (χ2n) is 3.85. The summed E-state index contributed by atoms with van der Waals surface area (Å²) in [7, 11) is 1.64. The van der Waals surface area contributed by atoms with E-state index in [0.29, 0.717) is 0 Å². The van der Waals surface area contributed by atoms with Crippen LogP contribution in [0.3, 0.4) is 0 Å². The number of carbonyl (C=O) groups is 1. The number of rotatable bonds is 1. The van der Waals surface area contributed by atoms with Gasteiger partial charge >= 0.3 is 0 Å². The Morgan fingerprint density at radius 3 is 2.69 bits per heavy atom. The Labute approximate surface area is 102 Å². The molecule has 0 radical (unpaired) electrons. The molecule has 1 aromatic carbocycles. The first kappa shape index (κ1) is 11.2. The van der Waals surface area contributed by atoms with Crippen LogP contribution in [-0.4, -0.2) is 17.9 Å². The van der Waals surface area contributed by atoms with Crippen molar-refractivity contribution in [2.24, 2.45) is 0 Å². The first-order chi connectivity index (χ1) is 7.54. The SMILES string of the molecule is CNC(=O)c1c(C)[nH]c2c(C)cc(Br)cc12. The van der Waals surface area contributed by atoms with Crippen molar-refractivity contribution < 1.29 is 4.79 Å². The van der Waals surface area contributed by atoms with E-state index in [1.807, 2.05) is 26.0 Å². The summed E-state index contributed by atoms with van der Waals surface area (Å²) in [5, 5.41) is 3.63. The van der Waals surface area contributed by atoms with Crippen molar-refractivity contribution in [2.45, 2.75) is 13.8 Å². The lowest BCUT2D eigenvalue weighted by Gasteiger charge is -2.01. The number of H-pyrrole nitrogens is 1. The Bertz CT molecular complexity index is 572. The summed E-state index contributed by atoms with van der Waals surface area (Å²) in [5.41, 5.74) is 3.78. The summed E-state index contributed by atoms with van der Waals surface area (Å²) in [6, 6.07) is 4.00. The third-order valence-corrected chi connectivity index (χ3v) is 3.17. The molecule has 2 N–H and O–H groups in total. The number of aryl methyl sites for hydroxylation is 2. The number of benzene rings is 1. The van der Waals surface area contributed by atoms with Crippen molar-refractivity contribution in [1.29, 1.82) is 0 Å². The van der Waals surface area contributed by atoms with Gasteiger partial charge in [-0.05, 0) is 31.5 Å². The second-order valence-corrected chi connectivity index (χ2v) is 4.77. The molecule has 1 aromatic heterocycles. The summed E-state index contributed by atoms with van der Waals surface area (Å²) >= 11 is 3.45. The fourth-order valence-electron chi connectivity index (χ4n) is 1.98. The third-order valence-electron chi connectivity index (χ3n) is 2.71. The number of aromatic amines is 1. The van der Waals surface area contributed by atoms with Crippen LogP contribution in [0.4, 0.5) is 0 Å². The molecule has 0 bridgehead atoms. The van der Waals surface area contributed by atoms with E-state index in [1.165, 1.54) is 0 Å². The molecule has 0 aliphatic rings. The molecule has 84 valence electrons. The quantitative estimate of drug-likeness (QED) is 0.829.